The molecule has 0 radical (unpaired) electrons. The Morgan fingerprint density at radius 2 is 1.78 bits per heavy atom. The zero-order valence-electron chi connectivity index (χ0n) is 19.4. The molecule has 5 rings (SSSR count). The maximum Gasteiger partial charge on any atom is 0.161 e. The van der Waals surface area contributed by atoms with Crippen molar-refractivity contribution < 1.29 is 9.53 Å². The normalized spacial score (nSPS) is 28.7. The van der Waals surface area contributed by atoms with Gasteiger partial charge in [-0.1, -0.05) is 61.9 Å². The minimum absolute atomic E-state index is 0.0291. The van der Waals surface area contributed by atoms with E-state index in [1.54, 1.807) is 0 Å². The lowest BCUT2D eigenvalue weighted by molar-refractivity contribution is -0.118. The van der Waals surface area contributed by atoms with Gasteiger partial charge in [-0.15, -0.1) is 0 Å². The molecule has 1 fully saturated rings. The number of ketones is 1. The van der Waals surface area contributed by atoms with Crippen molar-refractivity contribution in [3.8, 4) is 5.75 Å². The topological polar surface area (TPSA) is 62.4 Å². The second-order valence-electron chi connectivity index (χ2n) is 10.2. The second kappa shape index (κ2) is 8.05. The number of carbonyl (C=O) groups excluding carboxylic acids is 1. The summed E-state index contributed by atoms with van der Waals surface area (Å²) in [4.78, 5) is 13.6. The van der Waals surface area contributed by atoms with Gasteiger partial charge in [-0.25, -0.2) is 10.9 Å². The molecule has 3 N–H and O–H groups in total. The van der Waals surface area contributed by atoms with Crippen molar-refractivity contribution in [2.24, 2.45) is 11.3 Å². The van der Waals surface area contributed by atoms with Gasteiger partial charge in [-0.2, -0.15) is 0 Å². The zero-order chi connectivity index (χ0) is 22.5. The van der Waals surface area contributed by atoms with Crippen LogP contribution < -0.4 is 20.9 Å². The first kappa shape index (κ1) is 21.2. The molecule has 0 aromatic heterocycles. The lowest BCUT2D eigenvalue weighted by Gasteiger charge is -2.44. The summed E-state index contributed by atoms with van der Waals surface area (Å²) >= 11 is 0. The van der Waals surface area contributed by atoms with Crippen LogP contribution in [0.15, 0.2) is 59.8 Å². The summed E-state index contributed by atoms with van der Waals surface area (Å²) in [5, 5.41) is 3.71. The van der Waals surface area contributed by atoms with Gasteiger partial charge in [0.2, 0.25) is 0 Å². The number of aryl methyl sites for hydroxylation is 1. The zero-order valence-corrected chi connectivity index (χ0v) is 19.4. The Kier molecular flexibility index (Phi) is 5.34. The van der Waals surface area contributed by atoms with E-state index in [9.17, 15) is 4.79 Å². The first-order valence-corrected chi connectivity index (χ1v) is 11.7. The van der Waals surface area contributed by atoms with E-state index in [-0.39, 0.29) is 35.2 Å². The molecule has 5 nitrogen and oxygen atoms in total. The highest BCUT2D eigenvalue weighted by Gasteiger charge is 2.51. The number of benzene rings is 2. The molecule has 2 heterocycles. The van der Waals surface area contributed by atoms with Gasteiger partial charge in [0, 0.05) is 35.1 Å². The van der Waals surface area contributed by atoms with Crippen molar-refractivity contribution in [2.45, 2.75) is 58.7 Å². The molecule has 2 aromatic rings. The summed E-state index contributed by atoms with van der Waals surface area (Å²) in [6, 6.07) is 17.0. The van der Waals surface area contributed by atoms with Gasteiger partial charge in [0.25, 0.3) is 0 Å². The Bertz CT molecular complexity index is 1060. The van der Waals surface area contributed by atoms with Crippen LogP contribution in [-0.2, 0) is 4.79 Å². The fourth-order valence-corrected chi connectivity index (χ4v) is 5.75. The number of hydrazine groups is 1. The third-order valence-corrected chi connectivity index (χ3v) is 7.10. The van der Waals surface area contributed by atoms with Gasteiger partial charge in [0.05, 0.1) is 18.8 Å². The molecular weight excluding hydrogens is 398 g/mol. The average Bonchev–Trinajstić information content (AvgIpc) is 3.16. The molecule has 0 bridgehead atoms. The van der Waals surface area contributed by atoms with E-state index >= 15 is 0 Å². The van der Waals surface area contributed by atoms with Crippen LogP contribution in [0.4, 0.5) is 0 Å². The van der Waals surface area contributed by atoms with E-state index in [2.05, 4.69) is 73.3 Å². The molecule has 4 unspecified atom stereocenters. The molecule has 0 spiro atoms. The van der Waals surface area contributed by atoms with Crippen LogP contribution in [0, 0.1) is 18.3 Å². The first-order valence-electron chi connectivity index (χ1n) is 11.7. The Morgan fingerprint density at radius 1 is 1.03 bits per heavy atom. The van der Waals surface area contributed by atoms with Crippen LogP contribution in [0.1, 0.15) is 62.3 Å². The van der Waals surface area contributed by atoms with Gasteiger partial charge in [0.15, 0.2) is 5.78 Å². The Morgan fingerprint density at radius 3 is 2.53 bits per heavy atom. The number of nitrogens with one attached hydrogen (secondary N) is 3. The number of carbonyl (C=O) groups is 1. The third kappa shape index (κ3) is 3.63. The van der Waals surface area contributed by atoms with E-state index in [1.807, 2.05) is 19.1 Å². The van der Waals surface area contributed by atoms with E-state index in [4.69, 9.17) is 4.74 Å². The summed E-state index contributed by atoms with van der Waals surface area (Å²) in [5.41, 5.74) is 12.6. The molecule has 1 saturated heterocycles. The number of fused-ring (bicyclic) bond motifs is 1. The number of allylic oxidation sites excluding steroid dienone is 2. The Balaban J connectivity index is 1.67. The van der Waals surface area contributed by atoms with Crippen LogP contribution in [0.2, 0.25) is 0 Å². The number of hydrogen-bond acceptors (Lipinski definition) is 5. The van der Waals surface area contributed by atoms with Gasteiger partial charge in [0.1, 0.15) is 5.75 Å². The number of para-hydroxylation sites is 1. The van der Waals surface area contributed by atoms with E-state index in [0.717, 1.165) is 29.0 Å². The molecule has 1 aliphatic carbocycles. The molecule has 3 aliphatic rings. The SMILES string of the molecule is CCOc1ccccc1C1C2=C(CC(C)(C)CC2=O)NC2NNC(c3ccc(C)cc3)C21. The predicted molar refractivity (Wildman–Crippen MR) is 126 cm³/mol. The predicted octanol–water partition coefficient (Wildman–Crippen LogP) is 4.52. The van der Waals surface area contributed by atoms with Crippen LogP contribution in [0.3, 0.4) is 0 Å². The minimum atomic E-state index is -0.0450. The maximum absolute atomic E-state index is 13.6. The van der Waals surface area contributed by atoms with Crippen LogP contribution in [-0.4, -0.2) is 18.6 Å². The largest absolute Gasteiger partial charge is 0.494 e. The summed E-state index contributed by atoms with van der Waals surface area (Å²) in [6.07, 6.45) is 1.48. The Labute approximate surface area is 190 Å². The third-order valence-electron chi connectivity index (χ3n) is 7.10. The van der Waals surface area contributed by atoms with Crippen LogP contribution in [0.5, 0.6) is 5.75 Å². The summed E-state index contributed by atoms with van der Waals surface area (Å²) < 4.78 is 6.06. The molecule has 168 valence electrons. The fourth-order valence-electron chi connectivity index (χ4n) is 5.75. The molecule has 4 atom stereocenters. The monoisotopic (exact) mass is 431 g/mol. The van der Waals surface area contributed by atoms with Crippen LogP contribution >= 0.6 is 0 Å². The van der Waals surface area contributed by atoms with Gasteiger partial charge < -0.3 is 10.1 Å². The van der Waals surface area contributed by atoms with Crippen molar-refractivity contribution >= 4 is 5.78 Å². The summed E-state index contributed by atoms with van der Waals surface area (Å²) in [5.74, 6) is 1.22. The maximum atomic E-state index is 13.6. The average molecular weight is 432 g/mol. The lowest BCUT2D eigenvalue weighted by atomic mass is 9.65. The minimum Gasteiger partial charge on any atom is -0.494 e. The number of Topliss-reactive ketones (excluding diaryl/α,β-unsaturated/α-hetero) is 1. The Hall–Kier alpha value is -2.63. The van der Waals surface area contributed by atoms with Gasteiger partial charge in [-0.3, -0.25) is 4.79 Å². The van der Waals surface area contributed by atoms with E-state index in [0.29, 0.717) is 13.0 Å². The van der Waals surface area contributed by atoms with Crippen molar-refractivity contribution in [1.82, 2.24) is 16.2 Å². The number of ether oxygens (including phenoxy) is 1. The molecule has 0 amide bonds. The highest BCUT2D eigenvalue weighted by molar-refractivity contribution is 5.99. The molecule has 2 aliphatic heterocycles. The summed E-state index contributed by atoms with van der Waals surface area (Å²) in [6.45, 7) is 9.08. The molecule has 5 heteroatoms. The highest BCUT2D eigenvalue weighted by Crippen LogP contribution is 2.52. The lowest BCUT2D eigenvalue weighted by Crippen LogP contribution is -2.51. The van der Waals surface area contributed by atoms with Gasteiger partial charge >= 0.3 is 0 Å². The van der Waals surface area contributed by atoms with Crippen molar-refractivity contribution in [2.75, 3.05) is 6.61 Å². The first-order chi connectivity index (χ1) is 15.4. The summed E-state index contributed by atoms with van der Waals surface area (Å²) in [7, 11) is 0. The number of hydrogen-bond donors (Lipinski definition) is 3. The second-order valence-corrected chi connectivity index (χ2v) is 10.2. The highest BCUT2D eigenvalue weighted by atomic mass is 16.5. The molecule has 0 saturated carbocycles. The van der Waals surface area contributed by atoms with E-state index < -0.39 is 0 Å². The standard InChI is InChI=1S/C27H33N3O2/c1-5-32-21-9-7-6-8-18(21)22-23-19(14-27(3,4)15-20(23)31)28-26-24(22)25(29-30-26)17-12-10-16(2)11-13-17/h6-13,22,24-26,28-30H,5,14-15H2,1-4H3. The smallest absolute Gasteiger partial charge is 0.161 e. The van der Waals surface area contributed by atoms with Crippen molar-refractivity contribution in [3.05, 3.63) is 76.5 Å². The number of rotatable bonds is 4. The fraction of sp³-hybridized carbons (Fsp3) is 0.444. The van der Waals surface area contributed by atoms with Crippen molar-refractivity contribution in [1.29, 1.82) is 0 Å². The van der Waals surface area contributed by atoms with E-state index in [1.165, 1.54) is 11.1 Å². The van der Waals surface area contributed by atoms with Crippen LogP contribution in [0.25, 0.3) is 0 Å². The van der Waals surface area contributed by atoms with Crippen molar-refractivity contribution in [3.63, 3.8) is 0 Å². The molecular formula is C27H33N3O2. The quantitative estimate of drug-likeness (QED) is 0.665. The molecule has 2 aromatic carbocycles. The van der Waals surface area contributed by atoms with Gasteiger partial charge in [-0.05, 0) is 37.3 Å². The molecule has 32 heavy (non-hydrogen) atoms.